The Morgan fingerprint density at radius 3 is 2.50 bits per heavy atom. The van der Waals surface area contributed by atoms with Crippen LogP contribution in [0, 0.1) is 5.92 Å². The number of carbonyl (C=O) groups excluding carboxylic acids is 1. The van der Waals surface area contributed by atoms with E-state index in [-0.39, 0.29) is 5.92 Å². The Kier molecular flexibility index (Phi) is 7.04. The first-order valence-corrected chi connectivity index (χ1v) is 13.8. The van der Waals surface area contributed by atoms with Gasteiger partial charge in [-0.2, -0.15) is 15.0 Å². The molecule has 0 radical (unpaired) electrons. The molecule has 0 bridgehead atoms. The Labute approximate surface area is 226 Å². The lowest BCUT2D eigenvalue weighted by Crippen LogP contribution is -2.47. The van der Waals surface area contributed by atoms with Crippen LogP contribution in [-0.4, -0.2) is 64.3 Å². The van der Waals surface area contributed by atoms with Gasteiger partial charge in [0.15, 0.2) is 5.16 Å². The second-order valence-electron chi connectivity index (χ2n) is 9.91. The van der Waals surface area contributed by atoms with Crippen LogP contribution in [0.2, 0.25) is 0 Å². The number of amidine groups is 1. The number of hydrogen-bond acceptors (Lipinski definition) is 10. The number of aliphatic imine (C=N–C) groups is 1. The van der Waals surface area contributed by atoms with Crippen molar-refractivity contribution in [3.8, 4) is 0 Å². The summed E-state index contributed by atoms with van der Waals surface area (Å²) in [7, 11) is 0. The molecule has 3 aromatic rings. The highest BCUT2D eigenvalue weighted by Gasteiger charge is 2.29. The molecule has 10 heteroatoms. The highest BCUT2D eigenvalue weighted by molar-refractivity contribution is 7.99. The van der Waals surface area contributed by atoms with Crippen molar-refractivity contribution in [3.63, 3.8) is 0 Å². The van der Waals surface area contributed by atoms with Crippen LogP contribution in [0.3, 0.4) is 0 Å². The molecule has 1 saturated heterocycles. The molecule has 38 heavy (non-hydrogen) atoms. The largest absolute Gasteiger partial charge is 0.367 e. The molecule has 3 aliphatic rings. The van der Waals surface area contributed by atoms with Gasteiger partial charge in [0.2, 0.25) is 11.9 Å². The van der Waals surface area contributed by atoms with Gasteiger partial charge in [0.25, 0.3) is 0 Å². The molecular formula is C28H30N8OS. The fourth-order valence-electron chi connectivity index (χ4n) is 4.55. The fraction of sp³-hybridized carbons (Fsp3) is 0.357. The average molecular weight is 527 g/mol. The monoisotopic (exact) mass is 526 g/mol. The first kappa shape index (κ1) is 24.5. The average Bonchev–Trinajstić information content (AvgIpc) is 3.72. The Balaban J connectivity index is 1.19. The van der Waals surface area contributed by atoms with Crippen LogP contribution in [0.15, 0.2) is 75.5 Å². The molecule has 0 spiro atoms. The molecule has 2 fully saturated rings. The number of benzene rings is 1. The van der Waals surface area contributed by atoms with Crippen LogP contribution in [0.25, 0.3) is 0 Å². The Hall–Kier alpha value is -3.79. The highest BCUT2D eigenvalue weighted by atomic mass is 32.2. The summed E-state index contributed by atoms with van der Waals surface area (Å²) >= 11 is 1.49. The number of rotatable bonds is 8. The zero-order valence-corrected chi connectivity index (χ0v) is 22.2. The van der Waals surface area contributed by atoms with Crippen molar-refractivity contribution in [1.29, 1.82) is 0 Å². The van der Waals surface area contributed by atoms with Gasteiger partial charge >= 0.3 is 0 Å². The number of anilines is 3. The van der Waals surface area contributed by atoms with Gasteiger partial charge in [-0.15, -0.1) is 0 Å². The maximum Gasteiger partial charge on any atom is 0.234 e. The third-order valence-electron chi connectivity index (χ3n) is 6.84. The third kappa shape index (κ3) is 6.02. The van der Waals surface area contributed by atoms with Crippen LogP contribution in [0.5, 0.6) is 0 Å². The summed E-state index contributed by atoms with van der Waals surface area (Å²) in [5.41, 5.74) is 3.38. The second kappa shape index (κ2) is 10.9. The number of nitrogens with one attached hydrogen (secondary N) is 1. The van der Waals surface area contributed by atoms with E-state index >= 15 is 0 Å². The maximum atomic E-state index is 12.2. The number of pyridine rings is 1. The fourth-order valence-corrected chi connectivity index (χ4v) is 5.29. The number of piperazine rings is 1. The molecule has 1 saturated carbocycles. The molecule has 4 heterocycles. The Morgan fingerprint density at radius 1 is 1.03 bits per heavy atom. The summed E-state index contributed by atoms with van der Waals surface area (Å²) < 4.78 is 0. The topological polar surface area (TPSA) is 99.5 Å². The molecule has 0 atom stereocenters. The van der Waals surface area contributed by atoms with Gasteiger partial charge in [-0.1, -0.05) is 12.1 Å². The number of nitrogens with zero attached hydrogens (tertiary/aromatic N) is 7. The van der Waals surface area contributed by atoms with Crippen LogP contribution in [-0.2, 0) is 11.2 Å². The SMILES string of the molecule is CC1=CC(Nc2nc(Sc3ccc(CC(=O)C4CC4)cc3)nc(N3CCN(c4cccnc4)CC3)n2)=NC1. The van der Waals surface area contributed by atoms with Crippen LogP contribution >= 0.6 is 11.8 Å². The van der Waals surface area contributed by atoms with Crippen molar-refractivity contribution < 1.29 is 4.79 Å². The predicted octanol–water partition coefficient (Wildman–Crippen LogP) is 4.04. The molecule has 194 valence electrons. The number of carbonyl (C=O) groups is 1. The minimum atomic E-state index is 0.285. The van der Waals surface area contributed by atoms with Crippen LogP contribution in [0.1, 0.15) is 25.3 Å². The van der Waals surface area contributed by atoms with E-state index in [1.807, 2.05) is 42.6 Å². The Morgan fingerprint density at radius 2 is 1.82 bits per heavy atom. The summed E-state index contributed by atoms with van der Waals surface area (Å²) in [4.78, 5) is 40.8. The molecule has 2 aromatic heterocycles. The second-order valence-corrected chi connectivity index (χ2v) is 10.9. The predicted molar refractivity (Wildman–Crippen MR) is 150 cm³/mol. The van der Waals surface area contributed by atoms with Gasteiger partial charge in [-0.05, 0) is 73.0 Å². The quantitative estimate of drug-likeness (QED) is 0.466. The molecule has 6 rings (SSSR count). The highest BCUT2D eigenvalue weighted by Crippen LogP contribution is 2.32. The van der Waals surface area contributed by atoms with E-state index < -0.39 is 0 Å². The molecular weight excluding hydrogens is 496 g/mol. The van der Waals surface area contributed by atoms with E-state index in [2.05, 4.69) is 38.1 Å². The van der Waals surface area contributed by atoms with Crippen LogP contribution < -0.4 is 15.1 Å². The van der Waals surface area contributed by atoms with E-state index in [0.717, 1.165) is 61.0 Å². The van der Waals surface area contributed by atoms with Crippen molar-refractivity contribution in [2.45, 2.75) is 36.2 Å². The van der Waals surface area contributed by atoms with Gasteiger partial charge in [-0.3, -0.25) is 14.8 Å². The van der Waals surface area contributed by atoms with E-state index in [1.165, 1.54) is 17.3 Å². The first-order chi connectivity index (χ1) is 18.6. The van der Waals surface area contributed by atoms with Gasteiger partial charge in [-0.25, -0.2) is 0 Å². The Bertz CT molecular complexity index is 1360. The number of Topliss-reactive ketones (excluding diaryl/α,β-unsaturated/α-hetero) is 1. The molecule has 9 nitrogen and oxygen atoms in total. The molecule has 1 aromatic carbocycles. The standard InChI is InChI=1S/C28H30N8OS/c1-19-15-25(30-17-19)31-26-32-27(36-13-11-35(12-14-36)22-3-2-10-29-18-22)34-28(33-26)38-23-8-4-20(5-9-23)16-24(37)21-6-7-21/h2-5,8-10,15,18,21H,6-7,11-14,16-17H2,1H3,(H,30,31,32,33,34). The van der Waals surface area contributed by atoms with Crippen molar-refractivity contribution in [1.82, 2.24) is 19.9 Å². The minimum Gasteiger partial charge on any atom is -0.367 e. The summed E-state index contributed by atoms with van der Waals surface area (Å²) in [5, 5.41) is 3.89. The van der Waals surface area contributed by atoms with Gasteiger partial charge in [0.05, 0.1) is 18.4 Å². The molecule has 0 amide bonds. The van der Waals surface area contributed by atoms with Crippen molar-refractivity contribution in [2.24, 2.45) is 10.9 Å². The number of aromatic nitrogens is 4. The van der Waals surface area contributed by atoms with Crippen LogP contribution in [0.4, 0.5) is 17.6 Å². The van der Waals surface area contributed by atoms with Crippen molar-refractivity contribution in [2.75, 3.05) is 47.8 Å². The lowest BCUT2D eigenvalue weighted by atomic mass is 10.1. The normalized spacial score (nSPS) is 17.3. The van der Waals surface area contributed by atoms with Crippen molar-refractivity contribution >= 4 is 41.0 Å². The molecule has 0 unspecified atom stereocenters. The van der Waals surface area contributed by atoms with E-state index in [0.29, 0.717) is 35.8 Å². The summed E-state index contributed by atoms with van der Waals surface area (Å²) in [6, 6.07) is 12.2. The van der Waals surface area contributed by atoms with E-state index in [4.69, 9.17) is 15.0 Å². The zero-order valence-electron chi connectivity index (χ0n) is 21.4. The molecule has 2 aliphatic heterocycles. The smallest absolute Gasteiger partial charge is 0.234 e. The summed E-state index contributed by atoms with van der Waals surface area (Å²) in [5.74, 6) is 2.55. The van der Waals surface area contributed by atoms with Gasteiger partial charge in [0.1, 0.15) is 11.6 Å². The van der Waals surface area contributed by atoms with Gasteiger partial charge < -0.3 is 15.1 Å². The van der Waals surface area contributed by atoms with Gasteiger partial charge in [0, 0.05) is 49.6 Å². The maximum absolute atomic E-state index is 12.2. The van der Waals surface area contributed by atoms with E-state index in [9.17, 15) is 4.79 Å². The zero-order chi connectivity index (χ0) is 25.9. The first-order valence-electron chi connectivity index (χ1n) is 13.0. The molecule has 1 N–H and O–H groups in total. The minimum absolute atomic E-state index is 0.285. The summed E-state index contributed by atoms with van der Waals surface area (Å²) in [6.45, 7) is 6.06. The molecule has 1 aliphatic carbocycles. The lowest BCUT2D eigenvalue weighted by Gasteiger charge is -2.36. The lowest BCUT2D eigenvalue weighted by molar-refractivity contribution is -0.119. The van der Waals surface area contributed by atoms with Crippen molar-refractivity contribution in [3.05, 3.63) is 66.0 Å². The number of hydrogen-bond donors (Lipinski definition) is 1. The third-order valence-corrected chi connectivity index (χ3v) is 7.72. The number of ketones is 1. The summed E-state index contributed by atoms with van der Waals surface area (Å²) in [6.07, 6.45) is 8.33. The van der Waals surface area contributed by atoms with E-state index in [1.54, 1.807) is 6.20 Å².